The number of hydrogen-bond acceptors (Lipinski definition) is 3. The highest BCUT2D eigenvalue weighted by molar-refractivity contribution is 5.96. The third-order valence-electron chi connectivity index (χ3n) is 3.98. The van der Waals surface area contributed by atoms with Gasteiger partial charge < -0.3 is 9.47 Å². The molecule has 3 rings (SSSR count). The van der Waals surface area contributed by atoms with Gasteiger partial charge in [-0.2, -0.15) is 0 Å². The van der Waals surface area contributed by atoms with Crippen LogP contribution in [-0.4, -0.2) is 5.90 Å². The first-order valence-corrected chi connectivity index (χ1v) is 8.89. The zero-order valence-corrected chi connectivity index (χ0v) is 15.8. The van der Waals surface area contributed by atoms with E-state index in [9.17, 15) is 0 Å². The van der Waals surface area contributed by atoms with Crippen molar-refractivity contribution < 1.29 is 9.47 Å². The van der Waals surface area contributed by atoms with E-state index in [1.807, 2.05) is 86.6 Å². The van der Waals surface area contributed by atoms with Crippen LogP contribution in [0.3, 0.4) is 0 Å². The minimum atomic E-state index is 0.504. The van der Waals surface area contributed by atoms with Crippen molar-refractivity contribution in [3.8, 4) is 11.5 Å². The Morgan fingerprint density at radius 3 is 2.19 bits per heavy atom. The minimum absolute atomic E-state index is 0.504. The van der Waals surface area contributed by atoms with E-state index in [0.29, 0.717) is 5.90 Å². The molecule has 0 fully saturated rings. The van der Waals surface area contributed by atoms with Crippen LogP contribution in [0.2, 0.25) is 0 Å². The van der Waals surface area contributed by atoms with E-state index < -0.39 is 0 Å². The largest absolute Gasteiger partial charge is 0.465 e. The maximum absolute atomic E-state index is 6.16. The van der Waals surface area contributed by atoms with Crippen molar-refractivity contribution in [1.82, 2.24) is 0 Å². The van der Waals surface area contributed by atoms with Crippen LogP contribution in [0.25, 0.3) is 0 Å². The van der Waals surface area contributed by atoms with Gasteiger partial charge in [-0.1, -0.05) is 54.1 Å². The van der Waals surface area contributed by atoms with E-state index in [-0.39, 0.29) is 0 Å². The highest BCUT2D eigenvalue weighted by Crippen LogP contribution is 2.22. The highest BCUT2D eigenvalue weighted by Gasteiger charge is 2.10. The summed E-state index contributed by atoms with van der Waals surface area (Å²) in [5.74, 6) is 2.05. The molecule has 3 aromatic rings. The van der Waals surface area contributed by atoms with Gasteiger partial charge in [0.05, 0.1) is 11.9 Å². The molecule has 0 atom stereocenters. The molecule has 0 aliphatic heterocycles. The van der Waals surface area contributed by atoms with E-state index in [0.717, 1.165) is 28.3 Å². The third-order valence-corrected chi connectivity index (χ3v) is 3.98. The molecule has 3 aromatic carbocycles. The Labute approximate surface area is 160 Å². The smallest absolute Gasteiger partial charge is 0.225 e. The molecule has 0 aliphatic rings. The van der Waals surface area contributed by atoms with Crippen molar-refractivity contribution in [2.75, 3.05) is 0 Å². The summed E-state index contributed by atoms with van der Waals surface area (Å²) in [4.78, 5) is 4.68. The summed E-state index contributed by atoms with van der Waals surface area (Å²) in [7, 11) is 0. The highest BCUT2D eigenvalue weighted by atomic mass is 16.5. The maximum Gasteiger partial charge on any atom is 0.225 e. The molecule has 0 heterocycles. The van der Waals surface area contributed by atoms with Crippen LogP contribution >= 0.6 is 0 Å². The van der Waals surface area contributed by atoms with Crippen LogP contribution < -0.4 is 9.47 Å². The summed E-state index contributed by atoms with van der Waals surface area (Å²) in [6.45, 7) is 6.02. The Bertz CT molecular complexity index is 945. The summed E-state index contributed by atoms with van der Waals surface area (Å²) >= 11 is 0. The fourth-order valence-electron chi connectivity index (χ4n) is 2.54. The van der Waals surface area contributed by atoms with Crippen LogP contribution in [0.4, 0.5) is 5.69 Å². The molecule has 0 radical (unpaired) electrons. The number of nitrogens with zero attached hydrogens (tertiary/aromatic N) is 1. The molecule has 0 aromatic heterocycles. The monoisotopic (exact) mass is 357 g/mol. The molecule has 0 amide bonds. The molecule has 3 nitrogen and oxygen atoms in total. The van der Waals surface area contributed by atoms with Gasteiger partial charge >= 0.3 is 0 Å². The number of ether oxygens (including phenoxy) is 2. The van der Waals surface area contributed by atoms with Gasteiger partial charge in [0.2, 0.25) is 5.90 Å². The number of para-hydroxylation sites is 2. The second-order valence-electron chi connectivity index (χ2n) is 6.36. The lowest BCUT2D eigenvalue weighted by Crippen LogP contribution is -2.11. The van der Waals surface area contributed by atoms with Gasteiger partial charge in [0.1, 0.15) is 11.5 Å². The molecule has 136 valence electrons. The summed E-state index contributed by atoms with van der Waals surface area (Å²) in [5, 5.41) is 0. The minimum Gasteiger partial charge on any atom is -0.465 e. The quantitative estimate of drug-likeness (QED) is 0.301. The molecule has 0 saturated heterocycles. The summed E-state index contributed by atoms with van der Waals surface area (Å²) in [5.41, 5.74) is 3.88. The zero-order valence-electron chi connectivity index (χ0n) is 15.8. The van der Waals surface area contributed by atoms with Gasteiger partial charge in [0, 0.05) is 5.57 Å². The molecule has 0 saturated carbocycles. The van der Waals surface area contributed by atoms with E-state index in [1.165, 1.54) is 5.56 Å². The first kappa shape index (κ1) is 18.5. The van der Waals surface area contributed by atoms with Gasteiger partial charge in [0.25, 0.3) is 0 Å². The Morgan fingerprint density at radius 1 is 0.852 bits per heavy atom. The summed E-state index contributed by atoms with van der Waals surface area (Å²) in [6.07, 6.45) is 1.67. The number of benzene rings is 3. The van der Waals surface area contributed by atoms with Gasteiger partial charge in [-0.25, -0.2) is 4.99 Å². The SMILES string of the molecule is CC(=C\Oc1ccccc1)/C(=N\c1ccccc1)Oc1ccc(C)cc1C. The second-order valence-corrected chi connectivity index (χ2v) is 6.36. The Balaban J connectivity index is 1.90. The number of aliphatic imine (C=N–C) groups is 1. The van der Waals surface area contributed by atoms with E-state index in [1.54, 1.807) is 6.26 Å². The van der Waals surface area contributed by atoms with Crippen molar-refractivity contribution in [3.63, 3.8) is 0 Å². The molecule has 0 unspecified atom stereocenters. The van der Waals surface area contributed by atoms with E-state index >= 15 is 0 Å². The molecule has 27 heavy (non-hydrogen) atoms. The van der Waals surface area contributed by atoms with Crippen molar-refractivity contribution in [3.05, 3.63) is 102 Å². The Kier molecular flexibility index (Phi) is 6.06. The molecule has 0 bridgehead atoms. The first-order chi connectivity index (χ1) is 13.1. The third kappa shape index (κ3) is 5.32. The average Bonchev–Trinajstić information content (AvgIpc) is 2.69. The van der Waals surface area contributed by atoms with Gasteiger partial charge in [-0.3, -0.25) is 0 Å². The normalized spacial score (nSPS) is 12.0. The fraction of sp³-hybridized carbons (Fsp3) is 0.125. The fourth-order valence-corrected chi connectivity index (χ4v) is 2.54. The number of aryl methyl sites for hydroxylation is 2. The van der Waals surface area contributed by atoms with Gasteiger partial charge in [-0.05, 0) is 56.7 Å². The van der Waals surface area contributed by atoms with Gasteiger partial charge in [0.15, 0.2) is 0 Å². The standard InChI is InChI=1S/C24H23NO2/c1-18-14-15-23(19(2)16-18)27-24(25-21-10-6-4-7-11-21)20(3)17-26-22-12-8-5-9-13-22/h4-17H,1-3H3/b20-17+,25-24+. The average molecular weight is 357 g/mol. The topological polar surface area (TPSA) is 30.8 Å². The maximum atomic E-state index is 6.16. The molecule has 3 heteroatoms. The zero-order chi connectivity index (χ0) is 19.1. The van der Waals surface area contributed by atoms with E-state index in [4.69, 9.17) is 9.47 Å². The van der Waals surface area contributed by atoms with Crippen LogP contribution in [0.5, 0.6) is 11.5 Å². The van der Waals surface area contributed by atoms with Crippen LogP contribution in [-0.2, 0) is 0 Å². The lowest BCUT2D eigenvalue weighted by Gasteiger charge is -2.12. The molecule has 0 spiro atoms. The predicted octanol–water partition coefficient (Wildman–Crippen LogP) is 6.40. The summed E-state index contributed by atoms with van der Waals surface area (Å²) in [6, 6.07) is 25.5. The van der Waals surface area contributed by atoms with Crippen LogP contribution in [0.1, 0.15) is 18.1 Å². The molecular weight excluding hydrogens is 334 g/mol. The van der Waals surface area contributed by atoms with Crippen molar-refractivity contribution in [2.45, 2.75) is 20.8 Å². The van der Waals surface area contributed by atoms with Crippen molar-refractivity contribution in [1.29, 1.82) is 0 Å². The van der Waals surface area contributed by atoms with E-state index in [2.05, 4.69) is 18.0 Å². The lowest BCUT2D eigenvalue weighted by atomic mass is 10.1. The second kappa shape index (κ2) is 8.86. The molecule has 0 N–H and O–H groups in total. The summed E-state index contributed by atoms with van der Waals surface area (Å²) < 4.78 is 11.9. The number of rotatable bonds is 5. The molecular formula is C24H23NO2. The Hall–Kier alpha value is -3.33. The van der Waals surface area contributed by atoms with Crippen molar-refractivity contribution in [2.24, 2.45) is 4.99 Å². The Morgan fingerprint density at radius 2 is 1.52 bits per heavy atom. The van der Waals surface area contributed by atoms with Gasteiger partial charge in [-0.15, -0.1) is 0 Å². The van der Waals surface area contributed by atoms with Crippen LogP contribution in [0.15, 0.2) is 95.7 Å². The predicted molar refractivity (Wildman–Crippen MR) is 111 cm³/mol. The van der Waals surface area contributed by atoms with Crippen LogP contribution in [0, 0.1) is 13.8 Å². The number of hydrogen-bond donors (Lipinski definition) is 0. The molecule has 0 aliphatic carbocycles. The first-order valence-electron chi connectivity index (χ1n) is 8.89. The lowest BCUT2D eigenvalue weighted by molar-refractivity contribution is 0.473. The van der Waals surface area contributed by atoms with Crippen molar-refractivity contribution >= 4 is 11.6 Å².